The van der Waals surface area contributed by atoms with Gasteiger partial charge in [0.15, 0.2) is 0 Å². The number of methoxy groups -OCH3 is 1. The molecule has 0 bridgehead atoms. The third kappa shape index (κ3) is 18.2. The van der Waals surface area contributed by atoms with Crippen molar-refractivity contribution in [2.24, 2.45) is 11.5 Å². The molecule has 0 saturated carbocycles. The van der Waals surface area contributed by atoms with Gasteiger partial charge in [-0.2, -0.15) is 0 Å². The number of pyridine rings is 1. The van der Waals surface area contributed by atoms with Gasteiger partial charge in [-0.05, 0) is 30.2 Å². The van der Waals surface area contributed by atoms with Crippen LogP contribution in [0.1, 0.15) is 64.1 Å². The van der Waals surface area contributed by atoms with Gasteiger partial charge in [-0.3, -0.25) is 19.4 Å². The second-order valence-electron chi connectivity index (χ2n) is 7.41. The largest absolute Gasteiger partial charge is 0.496 e. The summed E-state index contributed by atoms with van der Waals surface area (Å²) in [5.41, 5.74) is 12.7. The number of primary amides is 1. The highest BCUT2D eigenvalue weighted by Crippen LogP contribution is 2.24. The lowest BCUT2D eigenvalue weighted by Crippen LogP contribution is -2.31. The third-order valence-electron chi connectivity index (χ3n) is 4.29. The van der Waals surface area contributed by atoms with Crippen LogP contribution in [0.15, 0.2) is 48.8 Å². The fourth-order valence-electron chi connectivity index (χ4n) is 2.69. The number of amides is 3. The first-order chi connectivity index (χ1) is 17.8. The molecule has 3 amide bonds. The van der Waals surface area contributed by atoms with E-state index in [2.05, 4.69) is 29.5 Å². The minimum absolute atomic E-state index is 0.121. The molecule has 0 aliphatic carbocycles. The molecular weight excluding hydrogens is 474 g/mol. The van der Waals surface area contributed by atoms with Gasteiger partial charge in [0.25, 0.3) is 0 Å². The minimum atomic E-state index is -0.454. The predicted molar refractivity (Wildman–Crippen MR) is 146 cm³/mol. The molecule has 0 fully saturated rings. The van der Waals surface area contributed by atoms with E-state index in [-0.39, 0.29) is 25.3 Å². The first-order valence-electron chi connectivity index (χ1n) is 12.3. The number of hydrogen-bond acceptors (Lipinski definition) is 7. The summed E-state index contributed by atoms with van der Waals surface area (Å²) in [6.45, 7) is 8.48. The summed E-state index contributed by atoms with van der Waals surface area (Å²) < 4.78 is 5.19. The van der Waals surface area contributed by atoms with Crippen molar-refractivity contribution in [2.75, 3.05) is 13.7 Å². The number of aldehydes is 1. The molecule has 2 rings (SSSR count). The Hall–Kier alpha value is -3.79. The summed E-state index contributed by atoms with van der Waals surface area (Å²) in [6, 6.07) is 10.0. The summed E-state index contributed by atoms with van der Waals surface area (Å²) in [5, 5.41) is 5.00. The highest BCUT2D eigenvalue weighted by atomic mass is 16.5. The number of ether oxygens (including phenoxy) is 1. The number of aromatic nitrogens is 1. The normalized spacial score (nSPS) is 10.8. The lowest BCUT2D eigenvalue weighted by Gasteiger charge is -2.15. The highest BCUT2D eigenvalue weighted by molar-refractivity contribution is 5.78. The van der Waals surface area contributed by atoms with Crippen molar-refractivity contribution in [2.45, 2.75) is 65.5 Å². The average molecular weight is 518 g/mol. The number of nitrogens with zero attached hydrogens (tertiary/aromatic N) is 1. The van der Waals surface area contributed by atoms with E-state index in [9.17, 15) is 19.2 Å². The van der Waals surface area contributed by atoms with Crippen LogP contribution in [-0.2, 0) is 25.6 Å². The quantitative estimate of drug-likeness (QED) is 0.314. The van der Waals surface area contributed by atoms with Gasteiger partial charge in [-0.1, -0.05) is 52.3 Å². The topological polar surface area (TPSA) is 166 Å². The lowest BCUT2D eigenvalue weighted by molar-refractivity contribution is -0.121. The van der Waals surface area contributed by atoms with Crippen LogP contribution in [-0.4, -0.2) is 49.2 Å². The zero-order valence-corrected chi connectivity index (χ0v) is 22.6. The number of nitrogens with one attached hydrogen (secondary N) is 2. The molecule has 206 valence electrons. The second kappa shape index (κ2) is 23.9. The van der Waals surface area contributed by atoms with Crippen molar-refractivity contribution in [3.05, 3.63) is 59.9 Å². The second-order valence-corrected chi connectivity index (χ2v) is 7.41. The number of hydrogen-bond donors (Lipinski definition) is 4. The van der Waals surface area contributed by atoms with Crippen molar-refractivity contribution < 1.29 is 23.9 Å². The first-order valence-corrected chi connectivity index (χ1v) is 12.3. The monoisotopic (exact) mass is 517 g/mol. The molecule has 2 aromatic rings. The van der Waals surface area contributed by atoms with Crippen LogP contribution in [0, 0.1) is 0 Å². The Bertz CT molecular complexity index is 881. The SMILES string of the molecule is CC.CCC.COc1ccccc1[C@@H](N)CC(=O)NCCC(N)=O.O=CN[C@H](C=O)Cc1ccncc1. The third-order valence-corrected chi connectivity index (χ3v) is 4.29. The van der Waals surface area contributed by atoms with Gasteiger partial charge in [-0.25, -0.2) is 0 Å². The molecule has 1 aromatic heterocycles. The maximum atomic E-state index is 11.6. The highest BCUT2D eigenvalue weighted by Gasteiger charge is 2.15. The summed E-state index contributed by atoms with van der Waals surface area (Å²) in [4.78, 5) is 46.6. The van der Waals surface area contributed by atoms with Crippen LogP contribution in [0.4, 0.5) is 0 Å². The van der Waals surface area contributed by atoms with E-state index in [1.807, 2.05) is 44.2 Å². The minimum Gasteiger partial charge on any atom is -0.496 e. The zero-order valence-electron chi connectivity index (χ0n) is 22.6. The standard InChI is InChI=1S/C13H19N3O3.C9H10N2O2.C3H8.C2H6/c1-19-11-5-3-2-4-9(11)10(14)8-13(18)16-7-6-12(15)17;12-6-9(11-7-13)5-8-1-3-10-4-2-8;1-3-2;1-2/h2-5,10H,6-8,14H2,1H3,(H2,15,17)(H,16,18);1-4,6-7,9H,5H2,(H,11,13);3H2,1-2H3;1-2H3/t10-;9-;;/m00../s1. The number of carbonyl (C=O) groups is 4. The fraction of sp³-hybridized carbons (Fsp3) is 0.444. The molecule has 0 unspecified atom stereocenters. The first kappa shape index (κ1) is 35.4. The van der Waals surface area contributed by atoms with Crippen molar-refractivity contribution in [1.29, 1.82) is 0 Å². The van der Waals surface area contributed by atoms with Gasteiger partial charge in [0.1, 0.15) is 12.0 Å². The Morgan fingerprint density at radius 1 is 1.08 bits per heavy atom. The van der Waals surface area contributed by atoms with Crippen molar-refractivity contribution >= 4 is 24.5 Å². The van der Waals surface area contributed by atoms with E-state index >= 15 is 0 Å². The molecule has 1 heterocycles. The number of rotatable bonds is 12. The van der Waals surface area contributed by atoms with E-state index in [1.54, 1.807) is 25.6 Å². The molecule has 0 saturated heterocycles. The van der Waals surface area contributed by atoms with E-state index < -0.39 is 18.0 Å². The van der Waals surface area contributed by atoms with Gasteiger partial charge >= 0.3 is 0 Å². The van der Waals surface area contributed by atoms with Crippen molar-refractivity contribution in [3.8, 4) is 5.75 Å². The summed E-state index contributed by atoms with van der Waals surface area (Å²) >= 11 is 0. The molecule has 2 atom stereocenters. The molecule has 0 aliphatic rings. The van der Waals surface area contributed by atoms with E-state index in [0.717, 1.165) is 17.4 Å². The maximum absolute atomic E-state index is 11.6. The Morgan fingerprint density at radius 3 is 2.19 bits per heavy atom. The zero-order chi connectivity index (χ0) is 28.5. The molecule has 6 N–H and O–H groups in total. The number of para-hydroxylation sites is 1. The van der Waals surface area contributed by atoms with Gasteiger partial charge in [0.2, 0.25) is 18.2 Å². The fourth-order valence-corrected chi connectivity index (χ4v) is 2.69. The molecule has 37 heavy (non-hydrogen) atoms. The maximum Gasteiger partial charge on any atom is 0.221 e. The Morgan fingerprint density at radius 2 is 1.68 bits per heavy atom. The Kier molecular flexibility index (Phi) is 22.9. The Labute approximate surface area is 220 Å². The summed E-state index contributed by atoms with van der Waals surface area (Å²) in [6.07, 6.45) is 6.55. The lowest BCUT2D eigenvalue weighted by atomic mass is 10.0. The van der Waals surface area contributed by atoms with Gasteiger partial charge in [-0.15, -0.1) is 0 Å². The molecule has 10 heteroatoms. The smallest absolute Gasteiger partial charge is 0.221 e. The van der Waals surface area contributed by atoms with Crippen LogP contribution >= 0.6 is 0 Å². The van der Waals surface area contributed by atoms with Crippen LogP contribution < -0.4 is 26.8 Å². The van der Waals surface area contributed by atoms with Gasteiger partial charge in [0, 0.05) is 43.4 Å². The van der Waals surface area contributed by atoms with E-state index in [1.165, 1.54) is 6.42 Å². The number of benzene rings is 1. The van der Waals surface area contributed by atoms with Crippen LogP contribution in [0.5, 0.6) is 5.75 Å². The van der Waals surface area contributed by atoms with E-state index in [4.69, 9.17) is 16.2 Å². The summed E-state index contributed by atoms with van der Waals surface area (Å²) in [5.74, 6) is -0.0195. The molecule has 10 nitrogen and oxygen atoms in total. The van der Waals surface area contributed by atoms with Gasteiger partial charge in [0.05, 0.1) is 13.2 Å². The molecular formula is C27H43N5O5. The van der Waals surface area contributed by atoms with Crippen LogP contribution in [0.25, 0.3) is 0 Å². The Balaban J connectivity index is 0. The van der Waals surface area contributed by atoms with E-state index in [0.29, 0.717) is 18.6 Å². The van der Waals surface area contributed by atoms with Crippen molar-refractivity contribution in [3.63, 3.8) is 0 Å². The molecule has 0 spiro atoms. The average Bonchev–Trinajstić information content (AvgIpc) is 2.90. The number of nitrogens with two attached hydrogens (primary N) is 2. The van der Waals surface area contributed by atoms with Gasteiger partial charge < -0.3 is 31.6 Å². The predicted octanol–water partition coefficient (Wildman–Crippen LogP) is 2.46. The number of carbonyl (C=O) groups excluding carboxylic acids is 4. The molecule has 0 radical (unpaired) electrons. The van der Waals surface area contributed by atoms with Crippen LogP contribution in [0.2, 0.25) is 0 Å². The molecule has 0 aliphatic heterocycles. The van der Waals surface area contributed by atoms with Crippen molar-refractivity contribution in [1.82, 2.24) is 15.6 Å². The summed E-state index contributed by atoms with van der Waals surface area (Å²) in [7, 11) is 1.55. The van der Waals surface area contributed by atoms with Crippen LogP contribution in [0.3, 0.4) is 0 Å². The molecule has 1 aromatic carbocycles.